The highest BCUT2D eigenvalue weighted by molar-refractivity contribution is 5.91. The van der Waals surface area contributed by atoms with Crippen LogP contribution in [-0.4, -0.2) is 44.0 Å². The number of carbonyl (C=O) groups is 1. The van der Waals surface area contributed by atoms with E-state index in [0.29, 0.717) is 6.54 Å². The van der Waals surface area contributed by atoms with Crippen LogP contribution >= 0.6 is 0 Å². The maximum atomic E-state index is 12.3. The molecular weight excluding hydrogens is 330 g/mol. The molecule has 3 heterocycles. The van der Waals surface area contributed by atoms with Gasteiger partial charge in [0.2, 0.25) is 5.95 Å². The summed E-state index contributed by atoms with van der Waals surface area (Å²) in [6, 6.07) is 11.3. The normalized spacial score (nSPS) is 13.8. The lowest BCUT2D eigenvalue weighted by molar-refractivity contribution is 0.0945. The summed E-state index contributed by atoms with van der Waals surface area (Å²) in [7, 11) is 0. The molecule has 1 fully saturated rings. The molecule has 1 amide bonds. The SMILES string of the molecule is O=C(NCc1ccnc(N2CCCC2)n1)c1cnn(-c2ccccc2)n1. The highest BCUT2D eigenvalue weighted by Gasteiger charge is 2.16. The number of rotatable bonds is 5. The Hall–Kier alpha value is -3.29. The first-order valence-corrected chi connectivity index (χ1v) is 8.62. The monoisotopic (exact) mass is 349 g/mol. The second kappa shape index (κ2) is 7.30. The van der Waals surface area contributed by atoms with Gasteiger partial charge < -0.3 is 10.2 Å². The van der Waals surface area contributed by atoms with Crippen molar-refractivity contribution < 1.29 is 4.79 Å². The molecule has 8 nitrogen and oxygen atoms in total. The Labute approximate surface area is 150 Å². The van der Waals surface area contributed by atoms with E-state index in [1.54, 1.807) is 12.3 Å². The molecule has 0 radical (unpaired) electrons. The maximum Gasteiger partial charge on any atom is 0.273 e. The number of carbonyl (C=O) groups excluding carboxylic acids is 1. The lowest BCUT2D eigenvalue weighted by Gasteiger charge is -2.15. The third-order valence-corrected chi connectivity index (χ3v) is 4.23. The lowest BCUT2D eigenvalue weighted by Crippen LogP contribution is -2.25. The van der Waals surface area contributed by atoms with E-state index in [1.165, 1.54) is 23.8 Å². The molecule has 1 aromatic carbocycles. The minimum atomic E-state index is -0.284. The number of nitrogens with one attached hydrogen (secondary N) is 1. The molecule has 26 heavy (non-hydrogen) atoms. The highest BCUT2D eigenvalue weighted by Crippen LogP contribution is 2.15. The fourth-order valence-electron chi connectivity index (χ4n) is 2.87. The van der Waals surface area contributed by atoms with Crippen LogP contribution in [0.5, 0.6) is 0 Å². The van der Waals surface area contributed by atoms with Crippen LogP contribution in [0.2, 0.25) is 0 Å². The van der Waals surface area contributed by atoms with Crippen molar-refractivity contribution in [3.63, 3.8) is 0 Å². The fourth-order valence-corrected chi connectivity index (χ4v) is 2.87. The predicted octanol–water partition coefficient (Wildman–Crippen LogP) is 1.59. The van der Waals surface area contributed by atoms with Crippen molar-refractivity contribution in [2.75, 3.05) is 18.0 Å². The van der Waals surface area contributed by atoms with Crippen molar-refractivity contribution in [1.82, 2.24) is 30.3 Å². The highest BCUT2D eigenvalue weighted by atomic mass is 16.2. The Kier molecular flexibility index (Phi) is 4.55. The topological polar surface area (TPSA) is 88.8 Å². The zero-order valence-corrected chi connectivity index (χ0v) is 14.2. The van der Waals surface area contributed by atoms with Crippen LogP contribution in [0.1, 0.15) is 29.0 Å². The van der Waals surface area contributed by atoms with Crippen LogP contribution in [0.4, 0.5) is 5.95 Å². The zero-order chi connectivity index (χ0) is 17.8. The number of hydrogen-bond donors (Lipinski definition) is 1. The van der Waals surface area contributed by atoms with Crippen LogP contribution in [-0.2, 0) is 6.54 Å². The number of nitrogens with zero attached hydrogens (tertiary/aromatic N) is 6. The van der Waals surface area contributed by atoms with E-state index in [9.17, 15) is 4.79 Å². The lowest BCUT2D eigenvalue weighted by atomic mass is 10.3. The third kappa shape index (κ3) is 3.53. The molecule has 0 unspecified atom stereocenters. The van der Waals surface area contributed by atoms with Gasteiger partial charge in [0.25, 0.3) is 5.91 Å². The first-order valence-electron chi connectivity index (χ1n) is 8.62. The maximum absolute atomic E-state index is 12.3. The van der Waals surface area contributed by atoms with Crippen LogP contribution in [0, 0.1) is 0 Å². The second-order valence-electron chi connectivity index (χ2n) is 6.08. The van der Waals surface area contributed by atoms with E-state index in [1.807, 2.05) is 30.3 Å². The molecule has 1 aliphatic rings. The third-order valence-electron chi connectivity index (χ3n) is 4.23. The van der Waals surface area contributed by atoms with E-state index < -0.39 is 0 Å². The molecule has 4 rings (SSSR count). The molecule has 0 saturated carbocycles. The summed E-state index contributed by atoms with van der Waals surface area (Å²) < 4.78 is 0. The van der Waals surface area contributed by atoms with Crippen molar-refractivity contribution in [3.05, 3.63) is 60.2 Å². The Morgan fingerprint density at radius 3 is 2.73 bits per heavy atom. The molecule has 3 aromatic rings. The van der Waals surface area contributed by atoms with E-state index in [-0.39, 0.29) is 11.6 Å². The van der Waals surface area contributed by atoms with Crippen molar-refractivity contribution in [1.29, 1.82) is 0 Å². The van der Waals surface area contributed by atoms with Crippen molar-refractivity contribution in [2.24, 2.45) is 0 Å². The van der Waals surface area contributed by atoms with E-state index >= 15 is 0 Å². The number of para-hydroxylation sites is 1. The predicted molar refractivity (Wildman–Crippen MR) is 96.0 cm³/mol. The van der Waals surface area contributed by atoms with Gasteiger partial charge in [0, 0.05) is 19.3 Å². The summed E-state index contributed by atoms with van der Waals surface area (Å²) in [4.78, 5) is 24.8. The molecule has 2 aromatic heterocycles. The summed E-state index contributed by atoms with van der Waals surface area (Å²) in [5, 5.41) is 11.2. The van der Waals surface area contributed by atoms with Gasteiger partial charge in [0.15, 0.2) is 5.69 Å². The van der Waals surface area contributed by atoms with Gasteiger partial charge in [-0.1, -0.05) is 18.2 Å². The van der Waals surface area contributed by atoms with Crippen molar-refractivity contribution >= 4 is 11.9 Å². The standard InChI is InChI=1S/C18H19N7O/c26-17(16-13-21-25(23-16)15-6-2-1-3-7-15)20-12-14-8-9-19-18(22-14)24-10-4-5-11-24/h1-3,6-9,13H,4-5,10-12H2,(H,20,26). The summed E-state index contributed by atoms with van der Waals surface area (Å²) >= 11 is 0. The quantitative estimate of drug-likeness (QED) is 0.752. The first kappa shape index (κ1) is 16.2. The summed E-state index contributed by atoms with van der Waals surface area (Å²) in [5.74, 6) is 0.442. The molecule has 0 atom stereocenters. The van der Waals surface area contributed by atoms with E-state index in [2.05, 4.69) is 30.4 Å². The number of aromatic nitrogens is 5. The molecule has 1 N–H and O–H groups in total. The zero-order valence-electron chi connectivity index (χ0n) is 14.2. The Morgan fingerprint density at radius 1 is 1.12 bits per heavy atom. The number of hydrogen-bond acceptors (Lipinski definition) is 6. The molecular formula is C18H19N7O. The minimum Gasteiger partial charge on any atom is -0.345 e. The average Bonchev–Trinajstić information content (AvgIpc) is 3.39. The van der Waals surface area contributed by atoms with Gasteiger partial charge in [-0.3, -0.25) is 4.79 Å². The van der Waals surface area contributed by atoms with Crippen molar-refractivity contribution in [2.45, 2.75) is 19.4 Å². The average molecular weight is 349 g/mol. The summed E-state index contributed by atoms with van der Waals surface area (Å²) in [6.07, 6.45) is 5.52. The van der Waals surface area contributed by atoms with E-state index in [4.69, 9.17) is 0 Å². The smallest absolute Gasteiger partial charge is 0.273 e. The van der Waals surface area contributed by atoms with Gasteiger partial charge in [0.1, 0.15) is 0 Å². The molecule has 1 aliphatic heterocycles. The number of anilines is 1. The van der Waals surface area contributed by atoms with E-state index in [0.717, 1.165) is 30.4 Å². The van der Waals surface area contributed by atoms with Gasteiger partial charge in [-0.2, -0.15) is 9.90 Å². The number of benzene rings is 1. The van der Waals surface area contributed by atoms with Crippen LogP contribution in [0.15, 0.2) is 48.8 Å². The van der Waals surface area contributed by atoms with Gasteiger partial charge in [-0.25, -0.2) is 9.97 Å². The first-order chi connectivity index (χ1) is 12.8. The van der Waals surface area contributed by atoms with Crippen LogP contribution in [0.25, 0.3) is 5.69 Å². The van der Waals surface area contributed by atoms with Gasteiger partial charge >= 0.3 is 0 Å². The van der Waals surface area contributed by atoms with Gasteiger partial charge in [-0.05, 0) is 31.0 Å². The van der Waals surface area contributed by atoms with Gasteiger partial charge in [0.05, 0.1) is 24.1 Å². The largest absolute Gasteiger partial charge is 0.345 e. The Balaban J connectivity index is 1.40. The Morgan fingerprint density at radius 2 is 1.92 bits per heavy atom. The van der Waals surface area contributed by atoms with Crippen molar-refractivity contribution in [3.8, 4) is 5.69 Å². The fraction of sp³-hybridized carbons (Fsp3) is 0.278. The molecule has 132 valence electrons. The molecule has 8 heteroatoms. The second-order valence-corrected chi connectivity index (χ2v) is 6.08. The van der Waals surface area contributed by atoms with Crippen LogP contribution in [0.3, 0.4) is 0 Å². The summed E-state index contributed by atoms with van der Waals surface area (Å²) in [5.41, 5.74) is 1.84. The Bertz CT molecular complexity index is 887. The minimum absolute atomic E-state index is 0.266. The molecule has 1 saturated heterocycles. The molecule has 0 bridgehead atoms. The number of amides is 1. The van der Waals surface area contributed by atoms with Gasteiger partial charge in [-0.15, -0.1) is 5.10 Å². The molecule has 0 spiro atoms. The summed E-state index contributed by atoms with van der Waals surface area (Å²) in [6.45, 7) is 2.29. The van der Waals surface area contributed by atoms with Crippen LogP contribution < -0.4 is 10.2 Å². The molecule has 0 aliphatic carbocycles.